The Kier molecular flexibility index (Phi) is 9.30. The molecule has 2 aromatic carbocycles. The number of anilines is 1. The number of benzene rings is 2. The number of nitrogens with zero attached hydrogens (tertiary/aromatic N) is 1. The van der Waals surface area contributed by atoms with Crippen molar-refractivity contribution in [2.45, 2.75) is 12.5 Å². The van der Waals surface area contributed by atoms with Gasteiger partial charge in [0.15, 0.2) is 5.96 Å². The summed E-state index contributed by atoms with van der Waals surface area (Å²) in [4.78, 5) is 4.03. The van der Waals surface area contributed by atoms with Crippen LogP contribution in [-0.2, 0) is 0 Å². The molecule has 1 atom stereocenters. The fourth-order valence-corrected chi connectivity index (χ4v) is 2.31. The molecule has 0 heterocycles. The van der Waals surface area contributed by atoms with Crippen molar-refractivity contribution < 1.29 is 32.5 Å². The highest BCUT2D eigenvalue weighted by Gasteiger charge is 2.30. The van der Waals surface area contributed by atoms with Crippen LogP contribution < -0.4 is 25.3 Å². The predicted molar refractivity (Wildman–Crippen MR) is 113 cm³/mol. The van der Waals surface area contributed by atoms with Crippen molar-refractivity contribution in [1.82, 2.24) is 0 Å². The molecule has 0 amide bonds. The summed E-state index contributed by atoms with van der Waals surface area (Å²) in [6, 6.07) is 9.96. The Balaban J connectivity index is 0.00000420. The second-order valence-electron chi connectivity index (χ2n) is 5.55. The first-order chi connectivity index (χ1) is 13.2. The smallest absolute Gasteiger partial charge is 0.497 e. The summed E-state index contributed by atoms with van der Waals surface area (Å²) in [5.74, 6) is 0.640. The standard InChI is InChI=1S/C18H20F3N3O4.HI/c1-26-13-7-8-16(27-2)14(9-13)15(25)10-23-17(22)24-11-3-5-12(6-4-11)28-18(19,20)21;/h3-9,15,25H,10H2,1-2H3,(H3,22,23,24);1H. The van der Waals surface area contributed by atoms with E-state index < -0.39 is 12.5 Å². The van der Waals surface area contributed by atoms with E-state index in [0.29, 0.717) is 22.7 Å². The van der Waals surface area contributed by atoms with Crippen molar-refractivity contribution in [1.29, 1.82) is 0 Å². The lowest BCUT2D eigenvalue weighted by molar-refractivity contribution is -0.274. The third-order valence-electron chi connectivity index (χ3n) is 3.59. The van der Waals surface area contributed by atoms with Crippen LogP contribution in [0, 0.1) is 0 Å². The highest BCUT2D eigenvalue weighted by atomic mass is 127. The van der Waals surface area contributed by atoms with Crippen LogP contribution in [0.5, 0.6) is 17.2 Å². The fourth-order valence-electron chi connectivity index (χ4n) is 2.31. The van der Waals surface area contributed by atoms with Crippen LogP contribution in [0.4, 0.5) is 18.9 Å². The molecule has 7 nitrogen and oxygen atoms in total. The molecule has 29 heavy (non-hydrogen) atoms. The molecule has 160 valence electrons. The van der Waals surface area contributed by atoms with Gasteiger partial charge in [-0.3, -0.25) is 4.99 Å². The molecule has 0 saturated carbocycles. The molecule has 0 bridgehead atoms. The minimum atomic E-state index is -4.76. The molecule has 2 rings (SSSR count). The first-order valence-electron chi connectivity index (χ1n) is 8.04. The zero-order valence-corrected chi connectivity index (χ0v) is 17.9. The van der Waals surface area contributed by atoms with Crippen LogP contribution in [-0.4, -0.2) is 38.2 Å². The largest absolute Gasteiger partial charge is 0.573 e. The Bertz CT molecular complexity index is 817. The Morgan fingerprint density at radius 3 is 2.28 bits per heavy atom. The summed E-state index contributed by atoms with van der Waals surface area (Å²) in [7, 11) is 2.98. The fraction of sp³-hybridized carbons (Fsp3) is 0.278. The normalized spacial score (nSPS) is 12.6. The SMILES string of the molecule is COc1ccc(OC)c(C(O)CN=C(N)Nc2ccc(OC(F)(F)F)cc2)c1.I. The number of hydrogen-bond acceptors (Lipinski definition) is 5. The van der Waals surface area contributed by atoms with E-state index >= 15 is 0 Å². The van der Waals surface area contributed by atoms with Gasteiger partial charge in [0, 0.05) is 11.3 Å². The molecule has 1 unspecified atom stereocenters. The van der Waals surface area contributed by atoms with Crippen LogP contribution in [0.15, 0.2) is 47.5 Å². The van der Waals surface area contributed by atoms with Crippen LogP contribution in [0.2, 0.25) is 0 Å². The second kappa shape index (κ2) is 11.0. The number of halogens is 4. The number of methoxy groups -OCH3 is 2. The van der Waals surface area contributed by atoms with E-state index in [4.69, 9.17) is 15.2 Å². The van der Waals surface area contributed by atoms with Crippen molar-refractivity contribution in [3.8, 4) is 17.2 Å². The second-order valence-corrected chi connectivity index (χ2v) is 5.55. The van der Waals surface area contributed by atoms with Gasteiger partial charge >= 0.3 is 6.36 Å². The van der Waals surface area contributed by atoms with E-state index in [1.54, 1.807) is 18.2 Å². The summed E-state index contributed by atoms with van der Waals surface area (Å²) in [5.41, 5.74) is 6.64. The van der Waals surface area contributed by atoms with E-state index in [2.05, 4.69) is 15.0 Å². The molecule has 0 aromatic heterocycles. The number of rotatable bonds is 7. The molecule has 2 aromatic rings. The molecule has 0 aliphatic heterocycles. The van der Waals surface area contributed by atoms with Crippen molar-refractivity contribution >= 4 is 35.6 Å². The van der Waals surface area contributed by atoms with E-state index in [1.807, 2.05) is 0 Å². The van der Waals surface area contributed by atoms with Gasteiger partial charge in [0.2, 0.25) is 0 Å². The van der Waals surface area contributed by atoms with Gasteiger partial charge in [0.25, 0.3) is 0 Å². The maximum atomic E-state index is 12.2. The van der Waals surface area contributed by atoms with Crippen LogP contribution in [0.1, 0.15) is 11.7 Å². The predicted octanol–water partition coefficient (Wildman–Crippen LogP) is 3.68. The first kappa shape index (κ1) is 24.6. The lowest BCUT2D eigenvalue weighted by Gasteiger charge is -2.15. The van der Waals surface area contributed by atoms with E-state index in [9.17, 15) is 18.3 Å². The van der Waals surface area contributed by atoms with Crippen molar-refractivity contribution in [2.24, 2.45) is 10.7 Å². The Morgan fingerprint density at radius 1 is 1.10 bits per heavy atom. The number of nitrogens with two attached hydrogens (primary N) is 1. The molecule has 0 radical (unpaired) electrons. The summed E-state index contributed by atoms with van der Waals surface area (Å²) in [6.07, 6.45) is -5.76. The molecule has 4 N–H and O–H groups in total. The lowest BCUT2D eigenvalue weighted by atomic mass is 10.1. The zero-order valence-electron chi connectivity index (χ0n) is 15.6. The number of hydrogen-bond donors (Lipinski definition) is 3. The number of nitrogens with one attached hydrogen (secondary N) is 1. The first-order valence-corrected chi connectivity index (χ1v) is 8.04. The lowest BCUT2D eigenvalue weighted by Crippen LogP contribution is -2.23. The number of aliphatic hydroxyl groups is 1. The number of ether oxygens (including phenoxy) is 3. The van der Waals surface area contributed by atoms with Gasteiger partial charge in [0.1, 0.15) is 23.4 Å². The molecule has 0 spiro atoms. The summed E-state index contributed by atoms with van der Waals surface area (Å²) < 4.78 is 50.6. The van der Waals surface area contributed by atoms with E-state index in [1.165, 1.54) is 26.4 Å². The number of aliphatic imine (C=N–C) groups is 1. The van der Waals surface area contributed by atoms with Crippen LogP contribution in [0.3, 0.4) is 0 Å². The Morgan fingerprint density at radius 2 is 1.72 bits per heavy atom. The van der Waals surface area contributed by atoms with E-state index in [-0.39, 0.29) is 42.2 Å². The van der Waals surface area contributed by atoms with Crippen LogP contribution in [0.25, 0.3) is 0 Å². The average molecular weight is 527 g/mol. The van der Waals surface area contributed by atoms with Gasteiger partial charge < -0.3 is 30.4 Å². The molecule has 0 aliphatic rings. The minimum absolute atomic E-state index is 0. The van der Waals surface area contributed by atoms with Gasteiger partial charge in [-0.05, 0) is 42.5 Å². The third kappa shape index (κ3) is 7.85. The van der Waals surface area contributed by atoms with E-state index in [0.717, 1.165) is 12.1 Å². The molecule has 11 heteroatoms. The van der Waals surface area contributed by atoms with Gasteiger partial charge in [0.05, 0.1) is 20.8 Å². The summed E-state index contributed by atoms with van der Waals surface area (Å²) in [5, 5.41) is 13.1. The van der Waals surface area contributed by atoms with Crippen molar-refractivity contribution in [2.75, 3.05) is 26.1 Å². The zero-order chi connectivity index (χ0) is 20.7. The van der Waals surface area contributed by atoms with Crippen molar-refractivity contribution in [3.05, 3.63) is 48.0 Å². The Labute approximate surface area is 182 Å². The number of aliphatic hydroxyl groups excluding tert-OH is 1. The van der Waals surface area contributed by atoms with Crippen LogP contribution >= 0.6 is 24.0 Å². The van der Waals surface area contributed by atoms with Gasteiger partial charge in [-0.25, -0.2) is 0 Å². The molecule has 0 saturated heterocycles. The van der Waals surface area contributed by atoms with Gasteiger partial charge in [-0.2, -0.15) is 0 Å². The van der Waals surface area contributed by atoms with Crippen molar-refractivity contribution in [3.63, 3.8) is 0 Å². The molecular formula is C18H21F3IN3O4. The monoisotopic (exact) mass is 527 g/mol. The average Bonchev–Trinajstić information content (AvgIpc) is 2.66. The van der Waals surface area contributed by atoms with Gasteiger partial charge in [-0.15, -0.1) is 37.1 Å². The molecule has 0 fully saturated rings. The Hall–Kier alpha value is -2.41. The number of guanidine groups is 1. The third-order valence-corrected chi connectivity index (χ3v) is 3.59. The number of alkyl halides is 3. The molecule has 0 aliphatic carbocycles. The quantitative estimate of drug-likeness (QED) is 0.289. The maximum Gasteiger partial charge on any atom is 0.573 e. The highest BCUT2D eigenvalue weighted by molar-refractivity contribution is 14.0. The van der Waals surface area contributed by atoms with Gasteiger partial charge in [-0.1, -0.05) is 0 Å². The topological polar surface area (TPSA) is 98.3 Å². The molecular weight excluding hydrogens is 506 g/mol. The minimum Gasteiger partial charge on any atom is -0.497 e. The highest BCUT2D eigenvalue weighted by Crippen LogP contribution is 2.29. The summed E-state index contributed by atoms with van der Waals surface area (Å²) >= 11 is 0. The summed E-state index contributed by atoms with van der Waals surface area (Å²) in [6.45, 7) is -0.0718. The maximum absolute atomic E-state index is 12.2.